The monoisotopic (exact) mass is 417 g/mol. The van der Waals surface area contributed by atoms with E-state index in [4.69, 9.17) is 0 Å². The number of carbonyl (C=O) groups excluding carboxylic acids is 1. The number of unbranched alkanes of at least 4 members (excludes halogenated alkanes) is 2. The summed E-state index contributed by atoms with van der Waals surface area (Å²) in [7, 11) is 0. The van der Waals surface area contributed by atoms with Gasteiger partial charge in [0, 0.05) is 29.2 Å². The Morgan fingerprint density at radius 3 is 2.58 bits per heavy atom. The molecule has 1 saturated heterocycles. The van der Waals surface area contributed by atoms with Crippen LogP contribution in [-0.4, -0.2) is 35.4 Å². The summed E-state index contributed by atoms with van der Waals surface area (Å²) in [6.45, 7) is 5.49. The third-order valence-electron chi connectivity index (χ3n) is 6.67. The quantitative estimate of drug-likeness (QED) is 0.413. The predicted molar refractivity (Wildman–Crippen MR) is 130 cm³/mol. The van der Waals surface area contributed by atoms with E-state index in [-0.39, 0.29) is 5.91 Å². The number of para-hydroxylation sites is 1. The van der Waals surface area contributed by atoms with Gasteiger partial charge in [-0.2, -0.15) is 0 Å². The third-order valence-corrected chi connectivity index (χ3v) is 6.67. The minimum Gasteiger partial charge on any atom is -0.361 e. The molecule has 0 bridgehead atoms. The van der Waals surface area contributed by atoms with E-state index in [1.54, 1.807) is 0 Å². The largest absolute Gasteiger partial charge is 0.361 e. The Kier molecular flexibility index (Phi) is 7.42. The number of nitrogens with zero attached hydrogens (tertiary/aromatic N) is 1. The molecule has 1 aliphatic heterocycles. The van der Waals surface area contributed by atoms with Crippen LogP contribution in [0.4, 0.5) is 5.69 Å². The van der Waals surface area contributed by atoms with Crippen molar-refractivity contribution in [2.75, 3.05) is 25.0 Å². The summed E-state index contributed by atoms with van der Waals surface area (Å²) in [5.74, 6) is 0.719. The van der Waals surface area contributed by atoms with Gasteiger partial charge in [0.15, 0.2) is 0 Å². The van der Waals surface area contributed by atoms with Crippen molar-refractivity contribution in [1.29, 1.82) is 0 Å². The SMILES string of the molecule is CCC(=O)Nc1ccc(C2CCN(CCCCCc3c[nH]c4ccccc34)CC2)cc1. The summed E-state index contributed by atoms with van der Waals surface area (Å²) < 4.78 is 0. The Hall–Kier alpha value is -2.59. The summed E-state index contributed by atoms with van der Waals surface area (Å²) in [5.41, 5.74) is 5.02. The van der Waals surface area contributed by atoms with Gasteiger partial charge in [0.25, 0.3) is 0 Å². The number of rotatable bonds is 9. The number of nitrogens with one attached hydrogen (secondary N) is 2. The normalized spacial score (nSPS) is 15.4. The number of carbonyl (C=O) groups is 1. The van der Waals surface area contributed by atoms with E-state index in [2.05, 4.69) is 57.8 Å². The molecule has 0 spiro atoms. The molecule has 0 atom stereocenters. The minimum absolute atomic E-state index is 0.0718. The molecular weight excluding hydrogens is 382 g/mol. The summed E-state index contributed by atoms with van der Waals surface area (Å²) in [5, 5.41) is 4.31. The summed E-state index contributed by atoms with van der Waals surface area (Å²) in [6, 6.07) is 17.1. The topological polar surface area (TPSA) is 48.1 Å². The van der Waals surface area contributed by atoms with Crippen LogP contribution in [0.2, 0.25) is 0 Å². The maximum atomic E-state index is 11.5. The average molecular weight is 418 g/mol. The highest BCUT2D eigenvalue weighted by molar-refractivity contribution is 5.90. The predicted octanol–water partition coefficient (Wildman–Crippen LogP) is 6.11. The number of hydrogen-bond donors (Lipinski definition) is 2. The maximum absolute atomic E-state index is 11.5. The highest BCUT2D eigenvalue weighted by Crippen LogP contribution is 2.29. The van der Waals surface area contributed by atoms with Gasteiger partial charge in [-0.3, -0.25) is 4.79 Å². The maximum Gasteiger partial charge on any atom is 0.224 e. The molecular formula is C27H35N3O. The first kappa shape index (κ1) is 21.6. The van der Waals surface area contributed by atoms with Crippen molar-refractivity contribution in [3.63, 3.8) is 0 Å². The van der Waals surface area contributed by atoms with Crippen molar-refractivity contribution in [2.24, 2.45) is 0 Å². The average Bonchev–Trinajstić information content (AvgIpc) is 3.23. The number of H-pyrrole nitrogens is 1. The van der Waals surface area contributed by atoms with Crippen LogP contribution in [0.15, 0.2) is 54.7 Å². The first-order chi connectivity index (χ1) is 15.2. The van der Waals surface area contributed by atoms with Crippen LogP contribution in [0.1, 0.15) is 62.5 Å². The van der Waals surface area contributed by atoms with Gasteiger partial charge in [0.2, 0.25) is 5.91 Å². The lowest BCUT2D eigenvalue weighted by Gasteiger charge is -2.32. The number of aromatic amines is 1. The lowest BCUT2D eigenvalue weighted by molar-refractivity contribution is -0.115. The number of fused-ring (bicyclic) bond motifs is 1. The fraction of sp³-hybridized carbons (Fsp3) is 0.444. The molecule has 2 heterocycles. The lowest BCUT2D eigenvalue weighted by atomic mass is 9.89. The van der Waals surface area contributed by atoms with E-state index in [1.807, 2.05) is 19.1 Å². The number of aromatic nitrogens is 1. The van der Waals surface area contributed by atoms with Crippen LogP contribution in [0.3, 0.4) is 0 Å². The van der Waals surface area contributed by atoms with E-state index in [9.17, 15) is 4.79 Å². The van der Waals surface area contributed by atoms with Gasteiger partial charge in [-0.15, -0.1) is 0 Å². The van der Waals surface area contributed by atoms with Crippen LogP contribution < -0.4 is 5.32 Å². The molecule has 0 unspecified atom stereocenters. The number of benzene rings is 2. The van der Waals surface area contributed by atoms with Gasteiger partial charge in [-0.05, 0) is 87.0 Å². The van der Waals surface area contributed by atoms with Crippen molar-refractivity contribution in [2.45, 2.75) is 57.8 Å². The zero-order valence-electron chi connectivity index (χ0n) is 18.7. The van der Waals surface area contributed by atoms with Crippen LogP contribution in [-0.2, 0) is 11.2 Å². The molecule has 2 N–H and O–H groups in total. The smallest absolute Gasteiger partial charge is 0.224 e. The molecule has 1 fully saturated rings. The van der Waals surface area contributed by atoms with E-state index >= 15 is 0 Å². The van der Waals surface area contributed by atoms with Crippen molar-refractivity contribution < 1.29 is 4.79 Å². The van der Waals surface area contributed by atoms with Crippen LogP contribution in [0, 0.1) is 0 Å². The zero-order chi connectivity index (χ0) is 21.5. The Balaban J connectivity index is 1.14. The Morgan fingerprint density at radius 2 is 1.81 bits per heavy atom. The van der Waals surface area contributed by atoms with Gasteiger partial charge in [-0.1, -0.05) is 43.7 Å². The van der Waals surface area contributed by atoms with E-state index in [0.717, 1.165) is 5.69 Å². The van der Waals surface area contributed by atoms with E-state index < -0.39 is 0 Å². The number of anilines is 1. The van der Waals surface area contributed by atoms with Gasteiger partial charge in [-0.25, -0.2) is 0 Å². The molecule has 1 aliphatic rings. The molecule has 1 aromatic heterocycles. The van der Waals surface area contributed by atoms with Crippen molar-refractivity contribution in [3.05, 3.63) is 65.9 Å². The van der Waals surface area contributed by atoms with Crippen molar-refractivity contribution >= 4 is 22.5 Å². The third kappa shape index (κ3) is 5.76. The fourth-order valence-electron chi connectivity index (χ4n) is 4.74. The first-order valence-corrected chi connectivity index (χ1v) is 11.9. The standard InChI is InChI=1S/C27H35N3O/c1-2-27(31)29-24-13-11-21(12-14-24)22-15-18-30(19-16-22)17-7-3-4-8-23-20-28-26-10-6-5-9-25(23)26/h5-6,9-14,20,22,28H,2-4,7-8,15-19H2,1H3,(H,29,31). The molecule has 0 aliphatic carbocycles. The van der Waals surface area contributed by atoms with E-state index in [0.29, 0.717) is 12.3 Å². The summed E-state index contributed by atoms with van der Waals surface area (Å²) >= 11 is 0. The van der Waals surface area contributed by atoms with Crippen LogP contribution >= 0.6 is 0 Å². The minimum atomic E-state index is 0.0718. The number of hydrogen-bond acceptors (Lipinski definition) is 2. The van der Waals surface area contributed by atoms with Gasteiger partial charge in [0.05, 0.1) is 0 Å². The second-order valence-corrected chi connectivity index (χ2v) is 8.81. The number of amides is 1. The van der Waals surface area contributed by atoms with E-state index in [1.165, 1.54) is 80.2 Å². The van der Waals surface area contributed by atoms with Crippen LogP contribution in [0.25, 0.3) is 10.9 Å². The van der Waals surface area contributed by atoms with Gasteiger partial charge in [0.1, 0.15) is 0 Å². The van der Waals surface area contributed by atoms with Crippen molar-refractivity contribution in [3.8, 4) is 0 Å². The summed E-state index contributed by atoms with van der Waals surface area (Å²) in [6.07, 6.45) is 10.2. The molecule has 3 aromatic rings. The Morgan fingerprint density at radius 1 is 1.03 bits per heavy atom. The Labute approximate surface area is 186 Å². The summed E-state index contributed by atoms with van der Waals surface area (Å²) in [4.78, 5) is 17.5. The molecule has 2 aromatic carbocycles. The molecule has 1 amide bonds. The van der Waals surface area contributed by atoms with Crippen LogP contribution in [0.5, 0.6) is 0 Å². The first-order valence-electron chi connectivity index (χ1n) is 11.9. The highest BCUT2D eigenvalue weighted by atomic mass is 16.1. The number of piperidine rings is 1. The van der Waals surface area contributed by atoms with Gasteiger partial charge >= 0.3 is 0 Å². The zero-order valence-corrected chi connectivity index (χ0v) is 18.7. The molecule has 4 heteroatoms. The molecule has 0 radical (unpaired) electrons. The van der Waals surface area contributed by atoms with Crippen molar-refractivity contribution in [1.82, 2.24) is 9.88 Å². The number of likely N-dealkylation sites (tertiary alicyclic amines) is 1. The molecule has 164 valence electrons. The lowest BCUT2D eigenvalue weighted by Crippen LogP contribution is -2.33. The molecule has 31 heavy (non-hydrogen) atoms. The molecule has 0 saturated carbocycles. The van der Waals surface area contributed by atoms with Gasteiger partial charge < -0.3 is 15.2 Å². The Bertz CT molecular complexity index is 968. The fourth-order valence-corrected chi connectivity index (χ4v) is 4.74. The molecule has 4 nitrogen and oxygen atoms in total. The molecule has 4 rings (SSSR count). The number of aryl methyl sites for hydroxylation is 1. The highest BCUT2D eigenvalue weighted by Gasteiger charge is 2.20. The second kappa shape index (κ2) is 10.6. The second-order valence-electron chi connectivity index (χ2n) is 8.81.